The van der Waals surface area contributed by atoms with Crippen LogP contribution in [0, 0.1) is 6.92 Å². The number of anilines is 2. The molecule has 0 unspecified atom stereocenters. The van der Waals surface area contributed by atoms with E-state index in [0.29, 0.717) is 5.89 Å². The Bertz CT molecular complexity index is 1260. The molecule has 0 radical (unpaired) electrons. The highest BCUT2D eigenvalue weighted by Gasteiger charge is 2.20. The van der Waals surface area contributed by atoms with Gasteiger partial charge in [0, 0.05) is 43.0 Å². The number of oxazole rings is 1. The second-order valence-electron chi connectivity index (χ2n) is 7.92. The van der Waals surface area contributed by atoms with Crippen LogP contribution in [0.4, 0.5) is 11.4 Å². The summed E-state index contributed by atoms with van der Waals surface area (Å²) in [4.78, 5) is 23.9. The third-order valence-electron chi connectivity index (χ3n) is 5.69. The lowest BCUT2D eigenvalue weighted by Crippen LogP contribution is -2.30. The molecule has 32 heavy (non-hydrogen) atoms. The van der Waals surface area contributed by atoms with Crippen LogP contribution in [-0.4, -0.2) is 38.7 Å². The lowest BCUT2D eigenvalue weighted by Gasteiger charge is -2.30. The van der Waals surface area contributed by atoms with E-state index in [1.807, 2.05) is 43.0 Å². The number of halogens is 1. The van der Waals surface area contributed by atoms with Gasteiger partial charge in [0.15, 0.2) is 5.69 Å². The number of aromatic nitrogens is 4. The van der Waals surface area contributed by atoms with Gasteiger partial charge < -0.3 is 14.6 Å². The van der Waals surface area contributed by atoms with E-state index in [1.165, 1.54) is 12.7 Å². The minimum absolute atomic E-state index is 0. The zero-order chi connectivity index (χ0) is 21.4. The second-order valence-corrected chi connectivity index (χ2v) is 7.92. The van der Waals surface area contributed by atoms with E-state index in [-0.39, 0.29) is 24.0 Å². The molecule has 5 rings (SSSR count). The summed E-state index contributed by atoms with van der Waals surface area (Å²) in [5.41, 5.74) is 4.62. The maximum absolute atomic E-state index is 13.0. The lowest BCUT2D eigenvalue weighted by molar-refractivity contribution is 0.102. The number of carbonyl (C=O) groups is 1. The first-order chi connectivity index (χ1) is 15.1. The third-order valence-corrected chi connectivity index (χ3v) is 5.69. The van der Waals surface area contributed by atoms with Crippen LogP contribution in [0.1, 0.15) is 35.4 Å². The Hall–Kier alpha value is -3.39. The van der Waals surface area contributed by atoms with Gasteiger partial charge in [-0.15, -0.1) is 12.4 Å². The van der Waals surface area contributed by atoms with Gasteiger partial charge in [-0.25, -0.2) is 4.98 Å². The SMILES string of the molecule is Cc1cc(-c2nc(C(=O)Nc3cc4c(cnn4C)cc3N3CCCCC3)co2)ccn1.Cl. The molecule has 8 nitrogen and oxygen atoms in total. The van der Waals surface area contributed by atoms with Crippen molar-refractivity contribution in [3.05, 3.63) is 54.3 Å². The van der Waals surface area contributed by atoms with Crippen molar-refractivity contribution in [3.63, 3.8) is 0 Å². The quantitative estimate of drug-likeness (QED) is 0.487. The molecule has 0 bridgehead atoms. The molecular weight excluding hydrogens is 428 g/mol. The molecule has 0 aliphatic carbocycles. The van der Waals surface area contributed by atoms with E-state index in [2.05, 4.69) is 31.3 Å². The number of hydrogen-bond donors (Lipinski definition) is 1. The van der Waals surface area contributed by atoms with Crippen molar-refractivity contribution in [1.82, 2.24) is 19.7 Å². The molecule has 1 amide bonds. The van der Waals surface area contributed by atoms with E-state index < -0.39 is 0 Å². The van der Waals surface area contributed by atoms with Crippen molar-refractivity contribution in [3.8, 4) is 11.5 Å². The molecule has 3 aromatic heterocycles. The molecule has 1 aliphatic heterocycles. The molecule has 1 saturated heterocycles. The zero-order valence-electron chi connectivity index (χ0n) is 18.0. The first kappa shape index (κ1) is 21.8. The molecule has 0 atom stereocenters. The van der Waals surface area contributed by atoms with Crippen LogP contribution < -0.4 is 10.2 Å². The summed E-state index contributed by atoms with van der Waals surface area (Å²) in [5.74, 6) is 0.0922. The highest BCUT2D eigenvalue weighted by molar-refractivity contribution is 6.06. The van der Waals surface area contributed by atoms with Gasteiger partial charge in [-0.3, -0.25) is 14.5 Å². The van der Waals surface area contributed by atoms with Crippen LogP contribution in [-0.2, 0) is 7.05 Å². The molecule has 4 heterocycles. The highest BCUT2D eigenvalue weighted by atomic mass is 35.5. The van der Waals surface area contributed by atoms with Crippen molar-refractivity contribution in [1.29, 1.82) is 0 Å². The van der Waals surface area contributed by atoms with Crippen LogP contribution in [0.25, 0.3) is 22.4 Å². The van der Waals surface area contributed by atoms with E-state index in [9.17, 15) is 4.79 Å². The van der Waals surface area contributed by atoms with Crippen LogP contribution >= 0.6 is 12.4 Å². The standard InChI is InChI=1S/C23H24N6O2.ClH/c1-15-10-16(6-7-24-15)23-27-19(14-31-23)22(30)26-18-12-20-17(13-25-28(20)2)11-21(18)29-8-4-3-5-9-29;/h6-7,10-14H,3-5,8-9H2,1-2H3,(H,26,30);1H. The predicted octanol–water partition coefficient (Wildman–Crippen LogP) is 4.60. The normalized spacial score (nSPS) is 13.8. The summed E-state index contributed by atoms with van der Waals surface area (Å²) >= 11 is 0. The van der Waals surface area contributed by atoms with Gasteiger partial charge in [-0.1, -0.05) is 0 Å². The summed E-state index contributed by atoms with van der Waals surface area (Å²) in [6.07, 6.45) is 8.48. The minimum Gasteiger partial charge on any atom is -0.444 e. The van der Waals surface area contributed by atoms with Crippen molar-refractivity contribution in [2.45, 2.75) is 26.2 Å². The second kappa shape index (κ2) is 9.00. The number of pyridine rings is 1. The number of carbonyl (C=O) groups excluding carboxylic acids is 1. The number of benzene rings is 1. The van der Waals surface area contributed by atoms with Gasteiger partial charge in [0.2, 0.25) is 5.89 Å². The average molecular weight is 453 g/mol. The smallest absolute Gasteiger partial charge is 0.277 e. The number of rotatable bonds is 4. The van der Waals surface area contributed by atoms with Gasteiger partial charge in [-0.05, 0) is 50.5 Å². The van der Waals surface area contributed by atoms with Crippen LogP contribution in [0.2, 0.25) is 0 Å². The number of nitrogens with one attached hydrogen (secondary N) is 1. The molecule has 1 fully saturated rings. The Morgan fingerprint density at radius 3 is 2.75 bits per heavy atom. The molecule has 4 aromatic rings. The summed E-state index contributed by atoms with van der Waals surface area (Å²) in [7, 11) is 1.90. The topological polar surface area (TPSA) is 89.1 Å². The average Bonchev–Trinajstić information content (AvgIpc) is 3.42. The number of amides is 1. The number of nitrogens with zero attached hydrogens (tertiary/aromatic N) is 5. The summed E-state index contributed by atoms with van der Waals surface area (Å²) in [6, 6.07) is 7.78. The molecular formula is C23H25ClN6O2. The summed E-state index contributed by atoms with van der Waals surface area (Å²) < 4.78 is 7.37. The molecule has 1 aliphatic rings. The summed E-state index contributed by atoms with van der Waals surface area (Å²) in [5, 5.41) is 8.46. The fourth-order valence-electron chi connectivity index (χ4n) is 4.06. The summed E-state index contributed by atoms with van der Waals surface area (Å²) in [6.45, 7) is 3.85. The lowest BCUT2D eigenvalue weighted by atomic mass is 10.1. The van der Waals surface area contributed by atoms with Gasteiger partial charge >= 0.3 is 0 Å². The van der Waals surface area contributed by atoms with Crippen LogP contribution in [0.5, 0.6) is 0 Å². The van der Waals surface area contributed by atoms with E-state index in [0.717, 1.165) is 59.5 Å². The van der Waals surface area contributed by atoms with E-state index >= 15 is 0 Å². The molecule has 1 aromatic carbocycles. The highest BCUT2D eigenvalue weighted by Crippen LogP contribution is 2.33. The fourth-order valence-corrected chi connectivity index (χ4v) is 4.06. The number of aryl methyl sites for hydroxylation is 2. The van der Waals surface area contributed by atoms with Crippen LogP contribution in [0.15, 0.2) is 47.3 Å². The largest absolute Gasteiger partial charge is 0.444 e. The van der Waals surface area contributed by atoms with Gasteiger partial charge in [0.05, 0.1) is 23.1 Å². The maximum atomic E-state index is 13.0. The molecule has 9 heteroatoms. The van der Waals surface area contributed by atoms with Crippen molar-refractivity contribution in [2.24, 2.45) is 7.05 Å². The molecule has 0 spiro atoms. The first-order valence-corrected chi connectivity index (χ1v) is 10.5. The van der Waals surface area contributed by atoms with Gasteiger partial charge in [0.25, 0.3) is 5.91 Å². The maximum Gasteiger partial charge on any atom is 0.277 e. The Labute approximate surface area is 192 Å². The van der Waals surface area contributed by atoms with Gasteiger partial charge in [-0.2, -0.15) is 5.10 Å². The van der Waals surface area contributed by atoms with Gasteiger partial charge in [0.1, 0.15) is 6.26 Å². The van der Waals surface area contributed by atoms with Crippen molar-refractivity contribution < 1.29 is 9.21 Å². The van der Waals surface area contributed by atoms with Crippen molar-refractivity contribution >= 4 is 40.6 Å². The molecule has 166 valence electrons. The Morgan fingerprint density at radius 2 is 1.97 bits per heavy atom. The fraction of sp³-hybridized carbons (Fsp3) is 0.304. The molecule has 1 N–H and O–H groups in total. The van der Waals surface area contributed by atoms with Crippen LogP contribution in [0.3, 0.4) is 0 Å². The Balaban J connectivity index is 0.00000245. The first-order valence-electron chi connectivity index (χ1n) is 10.5. The Morgan fingerprint density at radius 1 is 1.16 bits per heavy atom. The predicted molar refractivity (Wildman–Crippen MR) is 126 cm³/mol. The van der Waals surface area contributed by atoms with E-state index in [4.69, 9.17) is 4.42 Å². The minimum atomic E-state index is -0.305. The monoisotopic (exact) mass is 452 g/mol. The van der Waals surface area contributed by atoms with E-state index in [1.54, 1.807) is 6.20 Å². The molecule has 0 saturated carbocycles. The Kier molecular flexibility index (Phi) is 6.14. The van der Waals surface area contributed by atoms with Crippen molar-refractivity contribution in [2.75, 3.05) is 23.3 Å². The third kappa shape index (κ3) is 4.18. The number of hydrogen-bond acceptors (Lipinski definition) is 6. The number of fused-ring (bicyclic) bond motifs is 1. The zero-order valence-corrected chi connectivity index (χ0v) is 18.9. The number of piperidine rings is 1.